The lowest BCUT2D eigenvalue weighted by Crippen LogP contribution is -2.41. The number of nitrogens with two attached hydrogens (primary N) is 1. The molecule has 0 saturated carbocycles. The molecule has 4 nitrogen and oxygen atoms in total. The Bertz CT molecular complexity index is 478. The van der Waals surface area contributed by atoms with Crippen LogP contribution in [0.15, 0.2) is 18.2 Å². The van der Waals surface area contributed by atoms with E-state index >= 15 is 0 Å². The van der Waals surface area contributed by atoms with Gasteiger partial charge in [0.05, 0.1) is 0 Å². The summed E-state index contributed by atoms with van der Waals surface area (Å²) in [7, 11) is 0. The van der Waals surface area contributed by atoms with Gasteiger partial charge in [-0.25, -0.2) is 4.79 Å². The highest BCUT2D eigenvalue weighted by atomic mass is 16.6. The number of hydrogen-bond donors (Lipinski definition) is 2. The molecule has 3 N–H and O–H groups in total. The molecule has 0 radical (unpaired) electrons. The molecule has 104 valence electrons. The average molecular weight is 262 g/mol. The summed E-state index contributed by atoms with van der Waals surface area (Å²) in [6.45, 7) is 5.60. The Labute approximate surface area is 114 Å². The molecule has 0 aromatic heterocycles. The fraction of sp³-hybridized carbons (Fsp3) is 0.533. The molecule has 0 saturated heterocycles. The lowest BCUT2D eigenvalue weighted by molar-refractivity contribution is 0.0500. The molecule has 1 atom stereocenters. The highest BCUT2D eigenvalue weighted by Crippen LogP contribution is 2.23. The van der Waals surface area contributed by atoms with Gasteiger partial charge in [0.15, 0.2) is 0 Å². The van der Waals surface area contributed by atoms with E-state index in [4.69, 9.17) is 10.5 Å². The van der Waals surface area contributed by atoms with Gasteiger partial charge < -0.3 is 15.8 Å². The Morgan fingerprint density at radius 3 is 2.79 bits per heavy atom. The third kappa shape index (κ3) is 3.88. The Morgan fingerprint density at radius 2 is 2.11 bits per heavy atom. The number of nitrogen functional groups attached to an aromatic ring is 1. The van der Waals surface area contributed by atoms with E-state index in [0.29, 0.717) is 0 Å². The van der Waals surface area contributed by atoms with Gasteiger partial charge in [0, 0.05) is 11.7 Å². The Balaban J connectivity index is 1.95. The summed E-state index contributed by atoms with van der Waals surface area (Å²) in [5.74, 6) is 0. The van der Waals surface area contributed by atoms with Crippen molar-refractivity contribution in [1.29, 1.82) is 0 Å². The van der Waals surface area contributed by atoms with Gasteiger partial charge in [-0.1, -0.05) is 6.07 Å². The van der Waals surface area contributed by atoms with Crippen LogP contribution in [0, 0.1) is 0 Å². The number of carbonyl (C=O) groups excluding carboxylic acids is 1. The summed E-state index contributed by atoms with van der Waals surface area (Å²) < 4.78 is 5.28. The van der Waals surface area contributed by atoms with Crippen molar-refractivity contribution in [2.75, 3.05) is 5.73 Å². The van der Waals surface area contributed by atoms with E-state index < -0.39 is 5.60 Å². The second-order valence-electron chi connectivity index (χ2n) is 6.11. The quantitative estimate of drug-likeness (QED) is 0.765. The molecule has 0 unspecified atom stereocenters. The third-order valence-corrected chi connectivity index (χ3v) is 3.18. The number of anilines is 1. The molecule has 0 spiro atoms. The largest absolute Gasteiger partial charge is 0.444 e. The van der Waals surface area contributed by atoms with Crippen LogP contribution in [0.5, 0.6) is 0 Å². The van der Waals surface area contributed by atoms with Crippen LogP contribution in [-0.4, -0.2) is 17.7 Å². The summed E-state index contributed by atoms with van der Waals surface area (Å²) in [5.41, 5.74) is 8.69. The van der Waals surface area contributed by atoms with Crippen molar-refractivity contribution in [3.05, 3.63) is 29.3 Å². The molecule has 0 heterocycles. The van der Waals surface area contributed by atoms with Crippen molar-refractivity contribution < 1.29 is 9.53 Å². The number of aryl methyl sites for hydroxylation is 1. The molecule has 1 aromatic carbocycles. The van der Waals surface area contributed by atoms with E-state index in [-0.39, 0.29) is 12.1 Å². The van der Waals surface area contributed by atoms with E-state index in [1.54, 1.807) is 0 Å². The monoisotopic (exact) mass is 262 g/mol. The number of benzene rings is 1. The van der Waals surface area contributed by atoms with Crippen LogP contribution in [0.2, 0.25) is 0 Å². The van der Waals surface area contributed by atoms with Crippen molar-refractivity contribution in [2.45, 2.75) is 51.7 Å². The van der Waals surface area contributed by atoms with E-state index in [0.717, 1.165) is 24.9 Å². The lowest BCUT2D eigenvalue weighted by Gasteiger charge is -2.27. The fourth-order valence-corrected chi connectivity index (χ4v) is 2.37. The number of hydrogen-bond acceptors (Lipinski definition) is 3. The van der Waals surface area contributed by atoms with Crippen LogP contribution in [0.1, 0.15) is 38.3 Å². The highest BCUT2D eigenvalue weighted by Gasteiger charge is 2.23. The van der Waals surface area contributed by atoms with Crippen molar-refractivity contribution in [1.82, 2.24) is 5.32 Å². The maximum absolute atomic E-state index is 11.7. The first-order valence-corrected chi connectivity index (χ1v) is 6.70. The average Bonchev–Trinajstić information content (AvgIpc) is 2.26. The van der Waals surface area contributed by atoms with E-state index in [9.17, 15) is 4.79 Å². The van der Waals surface area contributed by atoms with Crippen molar-refractivity contribution >= 4 is 11.8 Å². The first kappa shape index (κ1) is 13.7. The SMILES string of the molecule is CC(C)(C)OC(=O)N[C@H]1CCc2cc(N)ccc2C1. The van der Waals surface area contributed by atoms with Gasteiger partial charge in [-0.2, -0.15) is 0 Å². The predicted octanol–water partition coefficient (Wildman–Crippen LogP) is 2.65. The Morgan fingerprint density at radius 1 is 1.37 bits per heavy atom. The van der Waals surface area contributed by atoms with Crippen molar-refractivity contribution in [3.8, 4) is 0 Å². The third-order valence-electron chi connectivity index (χ3n) is 3.18. The zero-order chi connectivity index (χ0) is 14.0. The molecule has 1 aliphatic carbocycles. The summed E-state index contributed by atoms with van der Waals surface area (Å²) in [6, 6.07) is 6.13. The van der Waals surface area contributed by atoms with Gasteiger partial charge >= 0.3 is 6.09 Å². The molecule has 1 aliphatic rings. The molecule has 1 aromatic rings. The Kier molecular flexibility index (Phi) is 3.69. The number of nitrogens with one attached hydrogen (secondary N) is 1. The Hall–Kier alpha value is -1.71. The molecule has 19 heavy (non-hydrogen) atoms. The smallest absolute Gasteiger partial charge is 0.407 e. The number of carbonyl (C=O) groups is 1. The number of amides is 1. The topological polar surface area (TPSA) is 64.3 Å². The maximum Gasteiger partial charge on any atom is 0.407 e. The van der Waals surface area contributed by atoms with E-state index in [1.165, 1.54) is 11.1 Å². The lowest BCUT2D eigenvalue weighted by atomic mass is 9.88. The van der Waals surface area contributed by atoms with Gasteiger partial charge in [0.2, 0.25) is 0 Å². The van der Waals surface area contributed by atoms with Crippen LogP contribution in [-0.2, 0) is 17.6 Å². The zero-order valence-electron chi connectivity index (χ0n) is 11.8. The fourth-order valence-electron chi connectivity index (χ4n) is 2.37. The highest BCUT2D eigenvalue weighted by molar-refractivity contribution is 5.68. The molecular formula is C15H22N2O2. The molecule has 0 bridgehead atoms. The molecule has 4 heteroatoms. The minimum Gasteiger partial charge on any atom is -0.444 e. The van der Waals surface area contributed by atoms with Gasteiger partial charge in [-0.3, -0.25) is 0 Å². The van der Waals surface area contributed by atoms with E-state index in [2.05, 4.69) is 5.32 Å². The molecule has 0 fully saturated rings. The molecule has 0 aliphatic heterocycles. The molecule has 2 rings (SSSR count). The minimum atomic E-state index is -0.453. The van der Waals surface area contributed by atoms with E-state index in [1.807, 2.05) is 39.0 Å². The normalized spacial score (nSPS) is 18.6. The zero-order valence-corrected chi connectivity index (χ0v) is 11.8. The van der Waals surface area contributed by atoms with Crippen LogP contribution in [0.25, 0.3) is 0 Å². The summed E-state index contributed by atoms with van der Waals surface area (Å²) in [6.07, 6.45) is 2.38. The molecular weight excluding hydrogens is 240 g/mol. The summed E-state index contributed by atoms with van der Waals surface area (Å²) in [4.78, 5) is 11.7. The second kappa shape index (κ2) is 5.11. The number of fused-ring (bicyclic) bond motifs is 1. The van der Waals surface area contributed by atoms with Crippen LogP contribution < -0.4 is 11.1 Å². The standard InChI is InChI=1S/C15H22N2O2/c1-15(2,3)19-14(18)17-13-7-5-10-8-12(16)6-4-11(10)9-13/h4,6,8,13H,5,7,9,16H2,1-3H3,(H,17,18)/t13-/m0/s1. The number of alkyl carbamates (subject to hydrolysis) is 1. The summed E-state index contributed by atoms with van der Waals surface area (Å²) in [5, 5.41) is 2.94. The minimum absolute atomic E-state index is 0.144. The number of rotatable bonds is 1. The first-order valence-electron chi connectivity index (χ1n) is 6.70. The molecule has 1 amide bonds. The predicted molar refractivity (Wildman–Crippen MR) is 76.0 cm³/mol. The van der Waals surface area contributed by atoms with Gasteiger partial charge in [0.25, 0.3) is 0 Å². The van der Waals surface area contributed by atoms with Crippen LogP contribution in [0.3, 0.4) is 0 Å². The van der Waals surface area contributed by atoms with Crippen molar-refractivity contribution in [3.63, 3.8) is 0 Å². The first-order chi connectivity index (χ1) is 8.83. The maximum atomic E-state index is 11.7. The summed E-state index contributed by atoms with van der Waals surface area (Å²) >= 11 is 0. The van der Waals surface area contributed by atoms with Gasteiger partial charge in [-0.15, -0.1) is 0 Å². The van der Waals surface area contributed by atoms with Crippen molar-refractivity contribution in [2.24, 2.45) is 0 Å². The van der Waals surface area contributed by atoms with Crippen LogP contribution >= 0.6 is 0 Å². The van der Waals surface area contributed by atoms with Crippen LogP contribution in [0.4, 0.5) is 10.5 Å². The van der Waals surface area contributed by atoms with Gasteiger partial charge in [0.1, 0.15) is 5.60 Å². The second-order valence-corrected chi connectivity index (χ2v) is 6.11. The number of ether oxygens (including phenoxy) is 1. The van der Waals surface area contributed by atoms with Gasteiger partial charge in [-0.05, 0) is 63.3 Å².